The zero-order chi connectivity index (χ0) is 14.8. The van der Waals surface area contributed by atoms with E-state index >= 15 is 0 Å². The minimum absolute atomic E-state index is 0.489. The number of nitrogens with zero attached hydrogens (tertiary/aromatic N) is 3. The second-order valence-corrected chi connectivity index (χ2v) is 6.07. The molecule has 0 aliphatic carbocycles. The number of hydrogen-bond acceptors (Lipinski definition) is 3. The highest BCUT2D eigenvalue weighted by Gasteiger charge is 2.27. The Morgan fingerprint density at radius 1 is 1.29 bits per heavy atom. The van der Waals surface area contributed by atoms with Crippen molar-refractivity contribution in [1.29, 1.82) is 0 Å². The molecule has 2 aromatic rings. The topological polar surface area (TPSA) is 33.1 Å². The van der Waals surface area contributed by atoms with Crippen LogP contribution < -0.4 is 10.2 Å². The zero-order valence-corrected chi connectivity index (χ0v) is 13.1. The molecule has 1 fully saturated rings. The molecule has 0 saturated carbocycles. The molecule has 2 unspecified atom stereocenters. The van der Waals surface area contributed by atoms with Crippen LogP contribution in [0.5, 0.6) is 0 Å². The fraction of sp³-hybridized carbons (Fsp3) is 0.471. The second-order valence-electron chi connectivity index (χ2n) is 6.07. The van der Waals surface area contributed by atoms with E-state index in [1.807, 2.05) is 11.7 Å². The predicted molar refractivity (Wildman–Crippen MR) is 86.7 cm³/mol. The smallest absolute Gasteiger partial charge is 0.0827 e. The van der Waals surface area contributed by atoms with E-state index in [2.05, 4.69) is 65.7 Å². The SMILES string of the molecule is Cc1nn(C)cc1N1CC(Cc2ccccc2)NCC1C. The maximum absolute atomic E-state index is 4.48. The number of aryl methyl sites for hydroxylation is 2. The molecular weight excluding hydrogens is 260 g/mol. The molecule has 1 saturated heterocycles. The van der Waals surface area contributed by atoms with Crippen LogP contribution in [-0.2, 0) is 13.5 Å². The Morgan fingerprint density at radius 3 is 2.71 bits per heavy atom. The number of rotatable bonds is 3. The first-order chi connectivity index (χ1) is 10.1. The molecule has 2 atom stereocenters. The van der Waals surface area contributed by atoms with Crippen molar-refractivity contribution in [3.8, 4) is 0 Å². The Labute approximate surface area is 126 Å². The van der Waals surface area contributed by atoms with Crippen molar-refractivity contribution in [2.75, 3.05) is 18.0 Å². The fourth-order valence-electron chi connectivity index (χ4n) is 3.17. The van der Waals surface area contributed by atoms with E-state index in [0.717, 1.165) is 25.2 Å². The molecule has 4 nitrogen and oxygen atoms in total. The number of anilines is 1. The lowest BCUT2D eigenvalue weighted by Gasteiger charge is -2.40. The molecule has 21 heavy (non-hydrogen) atoms. The van der Waals surface area contributed by atoms with Crippen molar-refractivity contribution in [3.63, 3.8) is 0 Å². The molecule has 2 heterocycles. The minimum Gasteiger partial charge on any atom is -0.363 e. The van der Waals surface area contributed by atoms with Gasteiger partial charge in [-0.25, -0.2) is 0 Å². The van der Waals surface area contributed by atoms with Crippen LogP contribution in [0.4, 0.5) is 5.69 Å². The summed E-state index contributed by atoms with van der Waals surface area (Å²) >= 11 is 0. The van der Waals surface area contributed by atoms with Crippen molar-refractivity contribution < 1.29 is 0 Å². The monoisotopic (exact) mass is 284 g/mol. The van der Waals surface area contributed by atoms with Gasteiger partial charge in [0.2, 0.25) is 0 Å². The van der Waals surface area contributed by atoms with Crippen LogP contribution >= 0.6 is 0 Å². The van der Waals surface area contributed by atoms with Gasteiger partial charge in [-0.15, -0.1) is 0 Å². The molecule has 0 spiro atoms. The summed E-state index contributed by atoms with van der Waals surface area (Å²) in [6, 6.07) is 11.7. The third-order valence-electron chi connectivity index (χ3n) is 4.27. The predicted octanol–water partition coefficient (Wildman–Crippen LogP) is 2.14. The third kappa shape index (κ3) is 3.10. The fourth-order valence-corrected chi connectivity index (χ4v) is 3.17. The molecule has 0 bridgehead atoms. The Hall–Kier alpha value is -1.81. The van der Waals surface area contributed by atoms with Gasteiger partial charge in [-0.05, 0) is 25.8 Å². The van der Waals surface area contributed by atoms with Crippen LogP contribution in [-0.4, -0.2) is 35.0 Å². The van der Waals surface area contributed by atoms with Crippen LogP contribution in [0.25, 0.3) is 0 Å². The van der Waals surface area contributed by atoms with Crippen LogP contribution in [0.15, 0.2) is 36.5 Å². The summed E-state index contributed by atoms with van der Waals surface area (Å²) in [6.07, 6.45) is 3.21. The normalized spacial score (nSPS) is 22.5. The first kappa shape index (κ1) is 14.1. The summed E-state index contributed by atoms with van der Waals surface area (Å²) in [7, 11) is 1.99. The van der Waals surface area contributed by atoms with E-state index < -0.39 is 0 Å². The number of aromatic nitrogens is 2. The molecule has 1 aliphatic rings. The Bertz CT molecular complexity index is 590. The van der Waals surface area contributed by atoms with Crippen LogP contribution in [0, 0.1) is 6.92 Å². The largest absolute Gasteiger partial charge is 0.363 e. The molecule has 1 N–H and O–H groups in total. The van der Waals surface area contributed by atoms with E-state index in [-0.39, 0.29) is 0 Å². The van der Waals surface area contributed by atoms with E-state index in [0.29, 0.717) is 12.1 Å². The average molecular weight is 284 g/mol. The molecule has 0 amide bonds. The van der Waals surface area contributed by atoms with Crippen LogP contribution in [0.2, 0.25) is 0 Å². The standard InChI is InChI=1S/C17H24N4/c1-13-10-18-16(9-15-7-5-4-6-8-15)11-21(13)17-12-20(3)19-14(17)2/h4-8,12-13,16,18H,9-11H2,1-3H3. The number of hydrogen-bond donors (Lipinski definition) is 1. The first-order valence-electron chi connectivity index (χ1n) is 7.67. The Morgan fingerprint density at radius 2 is 2.05 bits per heavy atom. The highest BCUT2D eigenvalue weighted by atomic mass is 15.3. The maximum Gasteiger partial charge on any atom is 0.0827 e. The molecule has 4 heteroatoms. The Balaban J connectivity index is 1.74. The molecule has 0 radical (unpaired) electrons. The summed E-state index contributed by atoms with van der Waals surface area (Å²) in [5, 5.41) is 8.16. The van der Waals surface area contributed by atoms with Crippen molar-refractivity contribution >= 4 is 5.69 Å². The van der Waals surface area contributed by atoms with Gasteiger partial charge in [0.1, 0.15) is 0 Å². The lowest BCUT2D eigenvalue weighted by atomic mass is 10.0. The third-order valence-corrected chi connectivity index (χ3v) is 4.27. The highest BCUT2D eigenvalue weighted by molar-refractivity contribution is 5.50. The molecule has 1 aromatic carbocycles. The minimum atomic E-state index is 0.489. The van der Waals surface area contributed by atoms with E-state index in [9.17, 15) is 0 Å². The van der Waals surface area contributed by atoms with Gasteiger partial charge >= 0.3 is 0 Å². The lowest BCUT2D eigenvalue weighted by molar-refractivity contribution is 0.403. The van der Waals surface area contributed by atoms with Gasteiger partial charge in [-0.2, -0.15) is 5.10 Å². The number of benzene rings is 1. The van der Waals surface area contributed by atoms with Crippen LogP contribution in [0.3, 0.4) is 0 Å². The summed E-state index contributed by atoms with van der Waals surface area (Å²) in [6.45, 7) is 6.42. The molecular formula is C17H24N4. The van der Waals surface area contributed by atoms with Crippen molar-refractivity contribution in [3.05, 3.63) is 47.8 Å². The van der Waals surface area contributed by atoms with Crippen molar-refractivity contribution in [2.24, 2.45) is 7.05 Å². The summed E-state index contributed by atoms with van der Waals surface area (Å²) in [4.78, 5) is 2.49. The summed E-state index contributed by atoms with van der Waals surface area (Å²) in [5.74, 6) is 0. The average Bonchev–Trinajstić information content (AvgIpc) is 2.81. The van der Waals surface area contributed by atoms with Gasteiger partial charge in [-0.1, -0.05) is 30.3 Å². The lowest BCUT2D eigenvalue weighted by Crippen LogP contribution is -2.56. The summed E-state index contributed by atoms with van der Waals surface area (Å²) in [5.41, 5.74) is 3.78. The van der Waals surface area contributed by atoms with Gasteiger partial charge < -0.3 is 10.2 Å². The van der Waals surface area contributed by atoms with E-state index in [1.54, 1.807) is 0 Å². The molecule has 1 aromatic heterocycles. The van der Waals surface area contributed by atoms with Gasteiger partial charge in [-0.3, -0.25) is 4.68 Å². The summed E-state index contributed by atoms with van der Waals surface area (Å²) < 4.78 is 1.91. The molecule has 1 aliphatic heterocycles. The zero-order valence-electron chi connectivity index (χ0n) is 13.1. The van der Waals surface area contributed by atoms with Gasteiger partial charge in [0.25, 0.3) is 0 Å². The Kier molecular flexibility index (Phi) is 3.97. The first-order valence-corrected chi connectivity index (χ1v) is 7.67. The van der Waals surface area contributed by atoms with Crippen LogP contribution in [0.1, 0.15) is 18.2 Å². The number of piperazine rings is 1. The van der Waals surface area contributed by atoms with E-state index in [1.165, 1.54) is 11.3 Å². The van der Waals surface area contributed by atoms with Gasteiger partial charge in [0, 0.05) is 38.4 Å². The van der Waals surface area contributed by atoms with Gasteiger partial charge in [0.05, 0.1) is 11.4 Å². The quantitative estimate of drug-likeness (QED) is 0.937. The van der Waals surface area contributed by atoms with Crippen molar-refractivity contribution in [2.45, 2.75) is 32.4 Å². The molecule has 3 rings (SSSR count). The van der Waals surface area contributed by atoms with Crippen molar-refractivity contribution in [1.82, 2.24) is 15.1 Å². The van der Waals surface area contributed by atoms with Gasteiger partial charge in [0.15, 0.2) is 0 Å². The van der Waals surface area contributed by atoms with E-state index in [4.69, 9.17) is 0 Å². The maximum atomic E-state index is 4.48. The molecule has 112 valence electrons. The highest BCUT2D eigenvalue weighted by Crippen LogP contribution is 2.23. The second kappa shape index (κ2) is 5.90. The number of nitrogens with one attached hydrogen (secondary N) is 1.